The van der Waals surface area contributed by atoms with Gasteiger partial charge in [0.15, 0.2) is 9.84 Å². The molecule has 39 heavy (non-hydrogen) atoms. The molecule has 0 unspecified atom stereocenters. The molecule has 0 spiro atoms. The molecule has 1 fully saturated rings. The van der Waals surface area contributed by atoms with E-state index in [2.05, 4.69) is 9.72 Å². The molecule has 1 saturated heterocycles. The van der Waals surface area contributed by atoms with E-state index in [4.69, 9.17) is 23.2 Å². The van der Waals surface area contributed by atoms with E-state index in [1.165, 1.54) is 25.1 Å². The van der Waals surface area contributed by atoms with E-state index >= 15 is 0 Å². The van der Waals surface area contributed by atoms with Crippen molar-refractivity contribution in [3.8, 4) is 5.75 Å². The normalized spacial score (nSPS) is 16.7. The zero-order valence-electron chi connectivity index (χ0n) is 21.1. The number of halogens is 5. The topological polar surface area (TPSA) is 101 Å². The summed E-state index contributed by atoms with van der Waals surface area (Å²) < 4.78 is 70.2. The second-order valence-electron chi connectivity index (χ2n) is 9.41. The fourth-order valence-electron chi connectivity index (χ4n) is 4.79. The van der Waals surface area contributed by atoms with Crippen molar-refractivity contribution in [1.82, 2.24) is 14.5 Å². The highest BCUT2D eigenvalue weighted by Crippen LogP contribution is 2.37. The van der Waals surface area contributed by atoms with Gasteiger partial charge in [-0.25, -0.2) is 13.2 Å². The van der Waals surface area contributed by atoms with Gasteiger partial charge in [0.1, 0.15) is 5.75 Å². The van der Waals surface area contributed by atoms with Gasteiger partial charge in [-0.1, -0.05) is 43.5 Å². The number of H-pyrrole nitrogens is 1. The molecule has 3 aromatic rings. The van der Waals surface area contributed by atoms with E-state index in [1.807, 2.05) is 11.8 Å². The van der Waals surface area contributed by atoms with E-state index in [-0.39, 0.29) is 49.3 Å². The van der Waals surface area contributed by atoms with Crippen LogP contribution in [-0.2, 0) is 22.9 Å². The van der Waals surface area contributed by atoms with Crippen LogP contribution in [0.5, 0.6) is 5.75 Å². The number of hydrogen-bond acceptors (Lipinski definition) is 6. The third kappa shape index (κ3) is 6.29. The van der Waals surface area contributed by atoms with Gasteiger partial charge < -0.3 is 9.72 Å². The molecule has 0 saturated carbocycles. The fourth-order valence-corrected chi connectivity index (χ4v) is 6.40. The van der Waals surface area contributed by atoms with Gasteiger partial charge in [0.2, 0.25) is 0 Å². The van der Waals surface area contributed by atoms with Crippen LogP contribution in [-0.4, -0.2) is 48.1 Å². The Bertz CT molecular complexity index is 1640. The van der Waals surface area contributed by atoms with Crippen LogP contribution in [0.3, 0.4) is 0 Å². The molecular formula is C25H26Cl2F3N3O5S. The lowest BCUT2D eigenvalue weighted by molar-refractivity contribution is -0.274. The van der Waals surface area contributed by atoms with Gasteiger partial charge in [0, 0.05) is 23.7 Å². The third-order valence-corrected chi connectivity index (χ3v) is 9.38. The van der Waals surface area contributed by atoms with Gasteiger partial charge in [-0.3, -0.25) is 14.3 Å². The first-order valence-electron chi connectivity index (χ1n) is 12.2. The highest BCUT2D eigenvalue weighted by atomic mass is 35.5. The van der Waals surface area contributed by atoms with Gasteiger partial charge in [0.05, 0.1) is 33.1 Å². The largest absolute Gasteiger partial charge is 0.573 e. The molecule has 212 valence electrons. The zero-order valence-corrected chi connectivity index (χ0v) is 23.4. The highest BCUT2D eigenvalue weighted by molar-refractivity contribution is 7.91. The fraction of sp³-hybridized carbons (Fsp3) is 0.440. The van der Waals surface area contributed by atoms with Crippen LogP contribution in [0.2, 0.25) is 10.0 Å². The molecule has 0 radical (unpaired) electrons. The Kier molecular flexibility index (Phi) is 8.42. The summed E-state index contributed by atoms with van der Waals surface area (Å²) in [6.07, 6.45) is -3.25. The minimum Gasteiger partial charge on any atom is -0.405 e. The van der Waals surface area contributed by atoms with Gasteiger partial charge in [-0.15, -0.1) is 13.2 Å². The number of nitrogens with one attached hydrogen (secondary N) is 1. The van der Waals surface area contributed by atoms with Crippen LogP contribution in [0.1, 0.15) is 37.8 Å². The van der Waals surface area contributed by atoms with Crippen molar-refractivity contribution in [3.05, 3.63) is 66.3 Å². The van der Waals surface area contributed by atoms with Gasteiger partial charge in [0.25, 0.3) is 5.56 Å². The summed E-state index contributed by atoms with van der Waals surface area (Å²) in [5.74, 6) is -0.485. The number of aromatic amines is 1. The lowest BCUT2D eigenvalue weighted by Gasteiger charge is -2.21. The van der Waals surface area contributed by atoms with Crippen LogP contribution in [0.4, 0.5) is 13.2 Å². The predicted molar refractivity (Wildman–Crippen MR) is 142 cm³/mol. The molecule has 2 aromatic carbocycles. The highest BCUT2D eigenvalue weighted by Gasteiger charge is 2.34. The maximum atomic E-state index is 13.4. The third-order valence-electron chi connectivity index (χ3n) is 6.90. The van der Waals surface area contributed by atoms with Crippen molar-refractivity contribution in [1.29, 1.82) is 0 Å². The van der Waals surface area contributed by atoms with Crippen LogP contribution in [0, 0.1) is 5.92 Å². The summed E-state index contributed by atoms with van der Waals surface area (Å²) >= 11 is 12.6. The quantitative estimate of drug-likeness (QED) is 0.388. The van der Waals surface area contributed by atoms with Crippen molar-refractivity contribution in [2.45, 2.75) is 51.0 Å². The molecular weight excluding hydrogens is 582 g/mol. The number of aromatic nitrogens is 2. The summed E-state index contributed by atoms with van der Waals surface area (Å²) in [6, 6.07) is 4.87. The maximum Gasteiger partial charge on any atom is 0.573 e. The molecule has 1 N–H and O–H groups in total. The Morgan fingerprint density at radius 1 is 1.13 bits per heavy atom. The molecule has 0 aliphatic carbocycles. The Labute approximate surface area is 232 Å². The van der Waals surface area contributed by atoms with Gasteiger partial charge in [-0.05, 0) is 48.7 Å². The van der Waals surface area contributed by atoms with E-state index < -0.39 is 39.7 Å². The van der Waals surface area contributed by atoms with E-state index in [0.29, 0.717) is 23.6 Å². The lowest BCUT2D eigenvalue weighted by atomic mass is 10.1. The second-order valence-corrected chi connectivity index (χ2v) is 12.5. The molecule has 4 rings (SSSR count). The molecule has 1 aromatic heterocycles. The Morgan fingerprint density at radius 2 is 1.85 bits per heavy atom. The maximum absolute atomic E-state index is 13.4. The zero-order chi connectivity index (χ0) is 28.7. The number of alkyl halides is 3. The van der Waals surface area contributed by atoms with E-state index in [9.17, 15) is 31.2 Å². The van der Waals surface area contributed by atoms with E-state index in [1.54, 1.807) is 0 Å². The second kappa shape index (κ2) is 11.1. The Hall–Kier alpha value is -2.54. The molecule has 0 bridgehead atoms. The number of nitrogens with zero attached hydrogens (tertiary/aromatic N) is 2. The van der Waals surface area contributed by atoms with E-state index in [0.717, 1.165) is 18.9 Å². The summed E-state index contributed by atoms with van der Waals surface area (Å²) in [7, 11) is -3.75. The molecule has 1 aliphatic rings. The van der Waals surface area contributed by atoms with Crippen molar-refractivity contribution in [3.63, 3.8) is 0 Å². The first kappa shape index (κ1) is 29.4. The van der Waals surface area contributed by atoms with Crippen molar-refractivity contribution < 1.29 is 26.3 Å². The molecule has 1 aliphatic heterocycles. The summed E-state index contributed by atoms with van der Waals surface area (Å²) in [5.41, 5.74) is -1.95. The minimum absolute atomic E-state index is 0.00258. The first-order valence-corrected chi connectivity index (χ1v) is 14.6. The number of hydrogen-bond donors (Lipinski definition) is 1. The molecule has 8 nitrogen and oxygen atoms in total. The average Bonchev–Trinajstić information content (AvgIpc) is 3.32. The summed E-state index contributed by atoms with van der Waals surface area (Å²) in [4.78, 5) is 30.8. The molecule has 1 atom stereocenters. The number of sulfone groups is 1. The summed E-state index contributed by atoms with van der Waals surface area (Å²) in [5, 5.41) is -0.381. The first-order chi connectivity index (χ1) is 18.2. The monoisotopic (exact) mass is 607 g/mol. The number of ether oxygens (including phenoxy) is 1. The number of fused-ring (bicyclic) bond motifs is 1. The molecule has 0 amide bonds. The Morgan fingerprint density at radius 3 is 2.46 bits per heavy atom. The van der Waals surface area contributed by atoms with Crippen LogP contribution in [0.15, 0.2) is 38.8 Å². The average molecular weight is 608 g/mol. The van der Waals surface area contributed by atoms with Crippen LogP contribution < -0.4 is 16.0 Å². The van der Waals surface area contributed by atoms with Gasteiger partial charge >= 0.3 is 12.1 Å². The molecule has 2 heterocycles. The SMILES string of the molecule is CC[C@@H]1CCN(Cc2c(OC(F)(F)F)cc3c(=O)n(Cc4cc(Cl)ccc4S(=O)(=O)CC)c(=O)[nH]c3c2Cl)C1. The molecule has 14 heteroatoms. The standard InChI is InChI=1S/C25H26Cl2F3N3O5S/c1-3-14-7-8-32(11-14)13-18-19(38-25(28,29)30)10-17-22(21(18)27)31-24(35)33(23(17)34)12-15-9-16(26)5-6-20(15)39(36,37)4-2/h5-6,9-10,14H,3-4,7-8,11-13H2,1-2H3,(H,31,35)/t14-/m1/s1. The summed E-state index contributed by atoms with van der Waals surface area (Å²) in [6.45, 7) is 4.32. The van der Waals surface area contributed by atoms with Crippen molar-refractivity contribution in [2.75, 3.05) is 18.8 Å². The number of likely N-dealkylation sites (tertiary alicyclic amines) is 1. The van der Waals surface area contributed by atoms with Crippen LogP contribution in [0.25, 0.3) is 10.9 Å². The minimum atomic E-state index is -5.06. The van der Waals surface area contributed by atoms with Gasteiger partial charge in [-0.2, -0.15) is 0 Å². The number of benzene rings is 2. The lowest BCUT2D eigenvalue weighted by Crippen LogP contribution is -2.36. The smallest absolute Gasteiger partial charge is 0.405 e. The van der Waals surface area contributed by atoms with Crippen LogP contribution >= 0.6 is 23.2 Å². The van der Waals surface area contributed by atoms with Crippen molar-refractivity contribution >= 4 is 43.9 Å². The predicted octanol–water partition coefficient (Wildman–Crippen LogP) is 4.97. The van der Waals surface area contributed by atoms with Crippen molar-refractivity contribution in [2.24, 2.45) is 5.92 Å². The number of rotatable bonds is 8. The Balaban J connectivity index is 1.87.